The number of hydrogen-bond donors (Lipinski definition) is 2. The Balaban J connectivity index is 0.00000288. The zero-order valence-corrected chi connectivity index (χ0v) is 17.7. The van der Waals surface area contributed by atoms with E-state index in [0.29, 0.717) is 11.3 Å². The molecule has 0 aromatic heterocycles. The lowest BCUT2D eigenvalue weighted by Crippen LogP contribution is -2.46. The summed E-state index contributed by atoms with van der Waals surface area (Å²) in [5.74, 6) is 2.20. The van der Waals surface area contributed by atoms with E-state index in [4.69, 9.17) is 4.74 Å². The van der Waals surface area contributed by atoms with Gasteiger partial charge in [-0.1, -0.05) is 38.5 Å². The van der Waals surface area contributed by atoms with Crippen LogP contribution in [0.4, 0.5) is 0 Å². The monoisotopic (exact) mass is 445 g/mol. The van der Waals surface area contributed by atoms with Gasteiger partial charge in [0.25, 0.3) is 0 Å². The molecule has 4 nitrogen and oxygen atoms in total. The maximum atomic E-state index is 5.45. The smallest absolute Gasteiger partial charge is 0.191 e. The van der Waals surface area contributed by atoms with E-state index in [0.717, 1.165) is 24.8 Å². The quantitative estimate of drug-likeness (QED) is 0.377. The highest BCUT2D eigenvalue weighted by molar-refractivity contribution is 14.0. The summed E-state index contributed by atoms with van der Waals surface area (Å²) >= 11 is 0. The molecule has 1 fully saturated rings. The third kappa shape index (κ3) is 5.26. The van der Waals surface area contributed by atoms with E-state index >= 15 is 0 Å². The number of nitrogens with one attached hydrogen (secondary N) is 2. The van der Waals surface area contributed by atoms with Crippen LogP contribution in [0.1, 0.15) is 51.0 Å². The Labute approximate surface area is 163 Å². The van der Waals surface area contributed by atoms with Crippen molar-refractivity contribution in [1.29, 1.82) is 0 Å². The second-order valence-corrected chi connectivity index (χ2v) is 6.66. The van der Waals surface area contributed by atoms with Crippen molar-refractivity contribution in [1.82, 2.24) is 10.6 Å². The Morgan fingerprint density at radius 2 is 2.00 bits per heavy atom. The minimum atomic E-state index is 0. The van der Waals surface area contributed by atoms with Gasteiger partial charge < -0.3 is 15.4 Å². The van der Waals surface area contributed by atoms with E-state index in [1.54, 1.807) is 7.11 Å². The number of para-hydroxylation sites is 1. The summed E-state index contributed by atoms with van der Waals surface area (Å²) in [4.78, 5) is 4.36. The predicted octanol–water partition coefficient (Wildman–Crippen LogP) is 4.16. The molecule has 0 radical (unpaired) electrons. The van der Waals surface area contributed by atoms with Crippen molar-refractivity contribution in [3.63, 3.8) is 0 Å². The summed E-state index contributed by atoms with van der Waals surface area (Å²) in [6, 6.07) is 8.21. The highest BCUT2D eigenvalue weighted by Gasteiger charge is 2.34. The van der Waals surface area contributed by atoms with Crippen LogP contribution in [0, 0.1) is 5.41 Å². The second kappa shape index (κ2) is 10.1. The van der Waals surface area contributed by atoms with Gasteiger partial charge in [0.1, 0.15) is 5.75 Å². The Morgan fingerprint density at radius 3 is 2.54 bits per heavy atom. The SMILES string of the molecule is CCC1(CNC(=NC)NCC(C)c2ccccc2OC)CCC1.I. The fraction of sp³-hybridized carbons (Fsp3) is 0.632. The maximum Gasteiger partial charge on any atom is 0.191 e. The summed E-state index contributed by atoms with van der Waals surface area (Å²) in [7, 11) is 3.56. The van der Waals surface area contributed by atoms with E-state index in [9.17, 15) is 0 Å². The Morgan fingerprint density at radius 1 is 1.29 bits per heavy atom. The van der Waals surface area contributed by atoms with Crippen LogP contribution in [0.5, 0.6) is 5.75 Å². The first-order chi connectivity index (χ1) is 11.1. The van der Waals surface area contributed by atoms with Crippen LogP contribution in [0.3, 0.4) is 0 Å². The van der Waals surface area contributed by atoms with E-state index in [1.165, 1.54) is 31.2 Å². The molecular weight excluding hydrogens is 413 g/mol. The lowest BCUT2D eigenvalue weighted by molar-refractivity contribution is 0.131. The number of hydrogen-bond acceptors (Lipinski definition) is 2. The van der Waals surface area contributed by atoms with Crippen LogP contribution in [0.25, 0.3) is 0 Å². The molecule has 24 heavy (non-hydrogen) atoms. The standard InChI is InChI=1S/C19H31N3O.HI/c1-5-19(11-8-12-19)14-22-18(20-3)21-13-15(2)16-9-6-7-10-17(16)23-4;/h6-7,9-10,15H,5,8,11-14H2,1-4H3,(H2,20,21,22);1H. The molecule has 1 saturated carbocycles. The third-order valence-electron chi connectivity index (χ3n) is 5.26. The van der Waals surface area contributed by atoms with Crippen LogP contribution in [0.2, 0.25) is 0 Å². The number of benzene rings is 1. The Bertz CT molecular complexity index is 524. The molecule has 0 heterocycles. The van der Waals surface area contributed by atoms with Crippen molar-refractivity contribution in [3.05, 3.63) is 29.8 Å². The third-order valence-corrected chi connectivity index (χ3v) is 5.26. The number of guanidine groups is 1. The largest absolute Gasteiger partial charge is 0.496 e. The summed E-state index contributed by atoms with van der Waals surface area (Å²) in [5.41, 5.74) is 1.72. The molecule has 0 aliphatic heterocycles. The molecule has 1 aromatic rings. The van der Waals surface area contributed by atoms with Gasteiger partial charge in [0.05, 0.1) is 7.11 Å². The Hall–Kier alpha value is -0.980. The van der Waals surface area contributed by atoms with Crippen LogP contribution < -0.4 is 15.4 Å². The Kier molecular flexibility index (Phi) is 8.87. The first kappa shape index (κ1) is 21.1. The van der Waals surface area contributed by atoms with Crippen LogP contribution >= 0.6 is 24.0 Å². The highest BCUT2D eigenvalue weighted by atomic mass is 127. The highest BCUT2D eigenvalue weighted by Crippen LogP contribution is 2.42. The first-order valence-corrected chi connectivity index (χ1v) is 8.71. The molecule has 1 aliphatic rings. The van der Waals surface area contributed by atoms with Crippen molar-refractivity contribution in [3.8, 4) is 5.75 Å². The minimum Gasteiger partial charge on any atom is -0.496 e. The van der Waals surface area contributed by atoms with Gasteiger partial charge in [-0.3, -0.25) is 4.99 Å². The molecule has 136 valence electrons. The number of methoxy groups -OCH3 is 1. The fourth-order valence-electron chi connectivity index (χ4n) is 3.26. The zero-order valence-electron chi connectivity index (χ0n) is 15.4. The molecule has 5 heteroatoms. The summed E-state index contributed by atoms with van der Waals surface area (Å²) in [6.07, 6.45) is 5.29. The molecule has 1 aliphatic carbocycles. The lowest BCUT2D eigenvalue weighted by atomic mass is 9.67. The first-order valence-electron chi connectivity index (χ1n) is 8.71. The number of halogens is 1. The number of rotatable bonds is 7. The van der Waals surface area contributed by atoms with Crippen LogP contribution in [-0.2, 0) is 0 Å². The average Bonchev–Trinajstić information content (AvgIpc) is 2.56. The lowest BCUT2D eigenvalue weighted by Gasteiger charge is -2.41. The molecule has 2 rings (SSSR count). The van der Waals surface area contributed by atoms with Crippen LogP contribution in [-0.4, -0.2) is 33.2 Å². The fourth-order valence-corrected chi connectivity index (χ4v) is 3.26. The van der Waals surface area contributed by atoms with Gasteiger partial charge in [-0.25, -0.2) is 0 Å². The number of nitrogens with zero attached hydrogens (tertiary/aromatic N) is 1. The van der Waals surface area contributed by atoms with Crippen molar-refractivity contribution in [2.45, 2.75) is 45.4 Å². The predicted molar refractivity (Wildman–Crippen MR) is 113 cm³/mol. The van der Waals surface area contributed by atoms with E-state index in [2.05, 4.69) is 41.6 Å². The molecule has 0 saturated heterocycles. The van der Waals surface area contributed by atoms with Gasteiger partial charge >= 0.3 is 0 Å². The topological polar surface area (TPSA) is 45.7 Å². The zero-order chi connectivity index (χ0) is 16.7. The molecule has 1 atom stereocenters. The minimum absolute atomic E-state index is 0. The number of ether oxygens (including phenoxy) is 1. The van der Waals surface area contributed by atoms with Crippen LogP contribution in [0.15, 0.2) is 29.3 Å². The van der Waals surface area contributed by atoms with Gasteiger partial charge in [0.2, 0.25) is 0 Å². The van der Waals surface area contributed by atoms with Gasteiger partial charge in [-0.2, -0.15) is 0 Å². The normalized spacial score (nSPS) is 17.2. The van der Waals surface area contributed by atoms with E-state index in [-0.39, 0.29) is 24.0 Å². The summed E-state index contributed by atoms with van der Waals surface area (Å²) in [6.45, 7) is 6.35. The molecular formula is C19H32IN3O. The second-order valence-electron chi connectivity index (χ2n) is 6.66. The van der Waals surface area contributed by atoms with Crippen molar-refractivity contribution in [2.24, 2.45) is 10.4 Å². The molecule has 0 spiro atoms. The van der Waals surface area contributed by atoms with Gasteiger partial charge in [-0.15, -0.1) is 24.0 Å². The molecule has 0 bridgehead atoms. The molecule has 0 amide bonds. The van der Waals surface area contributed by atoms with Crippen molar-refractivity contribution >= 4 is 29.9 Å². The summed E-state index contributed by atoms with van der Waals surface area (Å²) < 4.78 is 5.45. The van der Waals surface area contributed by atoms with Crippen molar-refractivity contribution < 1.29 is 4.74 Å². The molecule has 2 N–H and O–H groups in total. The number of aliphatic imine (C=N–C) groups is 1. The van der Waals surface area contributed by atoms with Gasteiger partial charge in [0, 0.05) is 26.1 Å². The van der Waals surface area contributed by atoms with Gasteiger partial charge in [0.15, 0.2) is 5.96 Å². The molecule has 1 unspecified atom stereocenters. The van der Waals surface area contributed by atoms with E-state index in [1.807, 2.05) is 19.2 Å². The van der Waals surface area contributed by atoms with Crippen molar-refractivity contribution in [2.75, 3.05) is 27.2 Å². The summed E-state index contributed by atoms with van der Waals surface area (Å²) in [5, 5.41) is 6.95. The van der Waals surface area contributed by atoms with Gasteiger partial charge in [-0.05, 0) is 36.3 Å². The molecule has 1 aromatic carbocycles. The van der Waals surface area contributed by atoms with E-state index < -0.39 is 0 Å². The maximum absolute atomic E-state index is 5.45. The average molecular weight is 445 g/mol.